The number of rotatable bonds is 4. The molecule has 1 aromatic heterocycles. The summed E-state index contributed by atoms with van der Waals surface area (Å²) in [4.78, 5) is 4.35. The lowest BCUT2D eigenvalue weighted by atomic mass is 10.1. The summed E-state index contributed by atoms with van der Waals surface area (Å²) >= 11 is 11.9. The SMILES string of the molecule is CCCCn1cnc(-c2ccc(Cl)c(Cl)c2)c1N. The number of hydrogen-bond donors (Lipinski definition) is 1. The second-order valence-electron chi connectivity index (χ2n) is 4.15. The second kappa shape index (κ2) is 5.63. The fourth-order valence-corrected chi connectivity index (χ4v) is 2.06. The zero-order valence-corrected chi connectivity index (χ0v) is 11.7. The molecular formula is C13H15Cl2N3. The lowest BCUT2D eigenvalue weighted by Crippen LogP contribution is -2.02. The van der Waals surface area contributed by atoms with E-state index < -0.39 is 0 Å². The van der Waals surface area contributed by atoms with Crippen LogP contribution in [0.25, 0.3) is 11.3 Å². The highest BCUT2D eigenvalue weighted by molar-refractivity contribution is 6.42. The van der Waals surface area contributed by atoms with Crippen molar-refractivity contribution in [1.82, 2.24) is 9.55 Å². The second-order valence-corrected chi connectivity index (χ2v) is 4.97. The van der Waals surface area contributed by atoms with Crippen LogP contribution in [0.1, 0.15) is 19.8 Å². The fourth-order valence-electron chi connectivity index (χ4n) is 1.76. The number of nitrogens with two attached hydrogens (primary N) is 1. The highest BCUT2D eigenvalue weighted by Crippen LogP contribution is 2.30. The lowest BCUT2D eigenvalue weighted by molar-refractivity contribution is 0.637. The number of anilines is 1. The van der Waals surface area contributed by atoms with Gasteiger partial charge < -0.3 is 10.3 Å². The number of hydrogen-bond acceptors (Lipinski definition) is 2. The van der Waals surface area contributed by atoms with Crippen molar-refractivity contribution in [2.45, 2.75) is 26.3 Å². The summed E-state index contributed by atoms with van der Waals surface area (Å²) in [5.74, 6) is 0.668. The van der Waals surface area contributed by atoms with Gasteiger partial charge in [-0.05, 0) is 18.6 Å². The molecule has 0 amide bonds. The van der Waals surface area contributed by atoms with Crippen LogP contribution < -0.4 is 5.73 Å². The van der Waals surface area contributed by atoms with E-state index in [1.165, 1.54) is 0 Å². The summed E-state index contributed by atoms with van der Waals surface area (Å²) in [6.07, 6.45) is 3.98. The number of nitrogens with zero attached hydrogens (tertiary/aromatic N) is 2. The Labute approximate surface area is 117 Å². The Morgan fingerprint density at radius 3 is 2.72 bits per heavy atom. The van der Waals surface area contributed by atoms with Gasteiger partial charge in [0.1, 0.15) is 11.5 Å². The van der Waals surface area contributed by atoms with Gasteiger partial charge in [-0.2, -0.15) is 0 Å². The minimum atomic E-state index is 0.511. The Morgan fingerprint density at radius 2 is 2.06 bits per heavy atom. The van der Waals surface area contributed by atoms with Crippen molar-refractivity contribution in [3.8, 4) is 11.3 Å². The number of imidazole rings is 1. The molecule has 0 aliphatic rings. The molecule has 2 aromatic rings. The van der Waals surface area contributed by atoms with E-state index in [4.69, 9.17) is 28.9 Å². The fraction of sp³-hybridized carbons (Fsp3) is 0.308. The molecule has 5 heteroatoms. The standard InChI is InChI=1S/C13H15Cl2N3/c1-2-3-6-18-8-17-12(13(18)16)9-4-5-10(14)11(15)7-9/h4-5,7-8H,2-3,6,16H2,1H3. The van der Waals surface area contributed by atoms with Crippen LogP contribution in [0, 0.1) is 0 Å². The van der Waals surface area contributed by atoms with Crippen molar-refractivity contribution < 1.29 is 0 Å². The van der Waals surface area contributed by atoms with Crippen LogP contribution in [-0.2, 0) is 6.54 Å². The van der Waals surface area contributed by atoms with Crippen molar-refractivity contribution in [2.75, 3.05) is 5.73 Å². The van der Waals surface area contributed by atoms with E-state index in [1.54, 1.807) is 18.5 Å². The Balaban J connectivity index is 2.33. The van der Waals surface area contributed by atoms with Gasteiger partial charge in [-0.3, -0.25) is 0 Å². The van der Waals surface area contributed by atoms with Gasteiger partial charge >= 0.3 is 0 Å². The molecular weight excluding hydrogens is 269 g/mol. The van der Waals surface area contributed by atoms with E-state index in [2.05, 4.69) is 11.9 Å². The maximum Gasteiger partial charge on any atom is 0.131 e. The topological polar surface area (TPSA) is 43.8 Å². The number of nitrogen functional groups attached to an aromatic ring is 1. The maximum atomic E-state index is 6.09. The molecule has 0 aliphatic carbocycles. The minimum Gasteiger partial charge on any atom is -0.383 e. The molecule has 18 heavy (non-hydrogen) atoms. The third-order valence-electron chi connectivity index (χ3n) is 2.82. The summed E-state index contributed by atoms with van der Waals surface area (Å²) < 4.78 is 1.96. The summed E-state index contributed by atoms with van der Waals surface area (Å²) in [7, 11) is 0. The molecule has 3 nitrogen and oxygen atoms in total. The van der Waals surface area contributed by atoms with Gasteiger partial charge in [-0.15, -0.1) is 0 Å². The van der Waals surface area contributed by atoms with Crippen molar-refractivity contribution in [1.29, 1.82) is 0 Å². The molecule has 0 fully saturated rings. The Hall–Kier alpha value is -1.19. The van der Waals surface area contributed by atoms with E-state index >= 15 is 0 Å². The Morgan fingerprint density at radius 1 is 1.28 bits per heavy atom. The predicted molar refractivity (Wildman–Crippen MR) is 77.0 cm³/mol. The zero-order valence-electron chi connectivity index (χ0n) is 10.2. The van der Waals surface area contributed by atoms with Crippen LogP contribution in [0.4, 0.5) is 5.82 Å². The largest absolute Gasteiger partial charge is 0.383 e. The van der Waals surface area contributed by atoms with Gasteiger partial charge in [-0.1, -0.05) is 42.6 Å². The van der Waals surface area contributed by atoms with Crippen LogP contribution in [0.5, 0.6) is 0 Å². The molecule has 96 valence electrons. The van der Waals surface area contributed by atoms with Crippen LogP contribution in [0.15, 0.2) is 24.5 Å². The first-order valence-electron chi connectivity index (χ1n) is 5.89. The van der Waals surface area contributed by atoms with Crippen LogP contribution in [0.2, 0.25) is 10.0 Å². The molecule has 2 rings (SSSR count). The van der Waals surface area contributed by atoms with Gasteiger partial charge in [0.25, 0.3) is 0 Å². The molecule has 0 atom stereocenters. The first kappa shape index (κ1) is 13.2. The lowest BCUT2D eigenvalue weighted by Gasteiger charge is -2.05. The van der Waals surface area contributed by atoms with Gasteiger partial charge in [-0.25, -0.2) is 4.98 Å². The van der Waals surface area contributed by atoms with Crippen LogP contribution >= 0.6 is 23.2 Å². The molecule has 0 spiro atoms. The molecule has 0 aliphatic heterocycles. The maximum absolute atomic E-state index is 6.09. The van der Waals surface area contributed by atoms with Crippen LogP contribution in [-0.4, -0.2) is 9.55 Å². The van der Waals surface area contributed by atoms with Crippen LogP contribution in [0.3, 0.4) is 0 Å². The highest BCUT2D eigenvalue weighted by Gasteiger charge is 2.10. The average molecular weight is 284 g/mol. The summed E-state index contributed by atoms with van der Waals surface area (Å²) in [5, 5.41) is 1.04. The molecule has 0 bridgehead atoms. The third kappa shape index (κ3) is 2.62. The van der Waals surface area contributed by atoms with E-state index in [9.17, 15) is 0 Å². The van der Waals surface area contributed by atoms with Crippen molar-refractivity contribution in [3.05, 3.63) is 34.6 Å². The minimum absolute atomic E-state index is 0.511. The smallest absolute Gasteiger partial charge is 0.131 e. The molecule has 1 heterocycles. The van der Waals surface area contributed by atoms with Crippen molar-refractivity contribution in [3.63, 3.8) is 0 Å². The molecule has 2 N–H and O–H groups in total. The zero-order chi connectivity index (χ0) is 13.1. The monoisotopic (exact) mass is 283 g/mol. The van der Waals surface area contributed by atoms with E-state index in [0.29, 0.717) is 15.9 Å². The van der Waals surface area contributed by atoms with E-state index in [0.717, 1.165) is 30.6 Å². The Kier molecular flexibility index (Phi) is 4.15. The van der Waals surface area contributed by atoms with Crippen molar-refractivity contribution >= 4 is 29.0 Å². The predicted octanol–water partition coefficient (Wildman–Crippen LogP) is 4.24. The third-order valence-corrected chi connectivity index (χ3v) is 3.56. The molecule has 0 radical (unpaired) electrons. The van der Waals surface area contributed by atoms with E-state index in [1.807, 2.05) is 10.6 Å². The number of benzene rings is 1. The van der Waals surface area contributed by atoms with Gasteiger partial charge in [0.2, 0.25) is 0 Å². The summed E-state index contributed by atoms with van der Waals surface area (Å²) in [5.41, 5.74) is 7.73. The first-order chi connectivity index (χ1) is 8.63. The highest BCUT2D eigenvalue weighted by atomic mass is 35.5. The molecule has 0 saturated carbocycles. The number of aryl methyl sites for hydroxylation is 1. The van der Waals surface area contributed by atoms with Crippen molar-refractivity contribution in [2.24, 2.45) is 0 Å². The number of halogens is 2. The first-order valence-corrected chi connectivity index (χ1v) is 6.65. The van der Waals surface area contributed by atoms with Gasteiger partial charge in [0.15, 0.2) is 0 Å². The summed E-state index contributed by atoms with van der Waals surface area (Å²) in [6.45, 7) is 3.03. The molecule has 0 unspecified atom stereocenters. The quantitative estimate of drug-likeness (QED) is 0.912. The van der Waals surface area contributed by atoms with Gasteiger partial charge in [0.05, 0.1) is 16.4 Å². The summed E-state index contributed by atoms with van der Waals surface area (Å²) in [6, 6.07) is 5.41. The molecule has 0 saturated heterocycles. The van der Waals surface area contributed by atoms with Gasteiger partial charge in [0, 0.05) is 12.1 Å². The molecule has 1 aromatic carbocycles. The normalized spacial score (nSPS) is 10.8. The number of aromatic nitrogens is 2. The van der Waals surface area contributed by atoms with E-state index in [-0.39, 0.29) is 0 Å². The average Bonchev–Trinajstić information content (AvgIpc) is 2.72. The number of unbranched alkanes of at least 4 members (excludes halogenated alkanes) is 1. The Bertz CT molecular complexity index is 549.